The topological polar surface area (TPSA) is 91.0 Å². The minimum absolute atomic E-state index is 0.0299. The van der Waals surface area contributed by atoms with Crippen molar-refractivity contribution in [2.24, 2.45) is 0 Å². The summed E-state index contributed by atoms with van der Waals surface area (Å²) >= 11 is 0. The van der Waals surface area contributed by atoms with Gasteiger partial charge in [0, 0.05) is 19.8 Å². The lowest BCUT2D eigenvalue weighted by Crippen LogP contribution is -2.51. The Kier molecular flexibility index (Phi) is 6.56. The van der Waals surface area contributed by atoms with Gasteiger partial charge in [-0.25, -0.2) is 0 Å². The van der Waals surface area contributed by atoms with Gasteiger partial charge in [-0.1, -0.05) is 29.8 Å². The van der Waals surface area contributed by atoms with Crippen LogP contribution in [-0.4, -0.2) is 62.5 Å². The number of likely N-dealkylation sites (N-methyl/N-ethyl adjacent to an activating group) is 2. The number of ether oxygens (including phenoxy) is 1. The largest absolute Gasteiger partial charge is 0.477 e. The summed E-state index contributed by atoms with van der Waals surface area (Å²) in [5, 5.41) is 5.36. The predicted molar refractivity (Wildman–Crippen MR) is 115 cm³/mol. The van der Waals surface area contributed by atoms with E-state index in [9.17, 15) is 14.4 Å². The van der Waals surface area contributed by atoms with E-state index in [2.05, 4.69) is 10.6 Å². The second-order valence-electron chi connectivity index (χ2n) is 7.23. The first-order chi connectivity index (χ1) is 14.4. The molecule has 0 unspecified atom stereocenters. The van der Waals surface area contributed by atoms with Crippen molar-refractivity contribution >= 4 is 29.1 Å². The molecule has 30 heavy (non-hydrogen) atoms. The van der Waals surface area contributed by atoms with Crippen molar-refractivity contribution in [2.75, 3.05) is 43.9 Å². The molecule has 0 fully saturated rings. The Bertz CT molecular complexity index is 929. The van der Waals surface area contributed by atoms with Gasteiger partial charge in [-0.3, -0.25) is 14.4 Å². The number of amides is 3. The van der Waals surface area contributed by atoms with Crippen LogP contribution in [0.1, 0.15) is 5.56 Å². The van der Waals surface area contributed by atoms with Crippen LogP contribution in [0.5, 0.6) is 5.75 Å². The van der Waals surface area contributed by atoms with Gasteiger partial charge in [0.25, 0.3) is 5.91 Å². The maximum atomic E-state index is 12.8. The number of hydrogen-bond acceptors (Lipinski definition) is 5. The Labute approximate surface area is 175 Å². The van der Waals surface area contributed by atoms with Gasteiger partial charge >= 0.3 is 0 Å². The molecule has 2 N–H and O–H groups in total. The third-order valence-corrected chi connectivity index (χ3v) is 4.87. The molecule has 0 spiro atoms. The molecule has 0 bridgehead atoms. The normalized spacial score (nSPS) is 14.9. The second kappa shape index (κ2) is 9.30. The summed E-state index contributed by atoms with van der Waals surface area (Å²) in [4.78, 5) is 40.3. The fraction of sp³-hybridized carbons (Fsp3) is 0.318. The molecule has 3 amide bonds. The monoisotopic (exact) mass is 410 g/mol. The Morgan fingerprint density at radius 2 is 1.83 bits per heavy atom. The summed E-state index contributed by atoms with van der Waals surface area (Å²) in [7, 11) is 3.13. The highest BCUT2D eigenvalue weighted by atomic mass is 16.5. The fourth-order valence-corrected chi connectivity index (χ4v) is 3.18. The van der Waals surface area contributed by atoms with Crippen molar-refractivity contribution in [2.45, 2.75) is 13.0 Å². The number of hydrogen-bond donors (Lipinski definition) is 2. The van der Waals surface area contributed by atoms with Crippen molar-refractivity contribution in [3.8, 4) is 5.75 Å². The third kappa shape index (κ3) is 5.08. The van der Waals surface area contributed by atoms with Gasteiger partial charge in [-0.15, -0.1) is 0 Å². The zero-order valence-corrected chi connectivity index (χ0v) is 17.3. The number of nitrogens with zero attached hydrogens (tertiary/aromatic N) is 2. The summed E-state index contributed by atoms with van der Waals surface area (Å²) < 4.78 is 5.75. The number of carbonyl (C=O) groups excluding carboxylic acids is 3. The van der Waals surface area contributed by atoms with Crippen LogP contribution in [-0.2, 0) is 14.4 Å². The van der Waals surface area contributed by atoms with E-state index >= 15 is 0 Å². The minimum atomic E-state index is -0.715. The number of aryl methyl sites for hydroxylation is 1. The van der Waals surface area contributed by atoms with Crippen LogP contribution in [0.15, 0.2) is 48.5 Å². The minimum Gasteiger partial charge on any atom is -0.477 e. The molecule has 3 rings (SSSR count). The highest BCUT2D eigenvalue weighted by Gasteiger charge is 2.31. The molecular weight excluding hydrogens is 384 g/mol. The number of anilines is 2. The lowest BCUT2D eigenvalue weighted by atomic mass is 10.1. The molecule has 0 aliphatic carbocycles. The summed E-state index contributed by atoms with van der Waals surface area (Å²) in [5.41, 5.74) is 2.52. The highest BCUT2D eigenvalue weighted by molar-refractivity contribution is 5.95. The number of fused-ring (bicyclic) bond motifs is 1. The molecule has 1 aliphatic rings. The van der Waals surface area contributed by atoms with Gasteiger partial charge < -0.3 is 25.2 Å². The molecule has 0 saturated heterocycles. The lowest BCUT2D eigenvalue weighted by molar-refractivity contribution is -0.132. The quantitative estimate of drug-likeness (QED) is 0.751. The van der Waals surface area contributed by atoms with E-state index in [1.165, 1.54) is 4.90 Å². The summed E-state index contributed by atoms with van der Waals surface area (Å²) in [5.74, 6) is -0.223. The molecule has 158 valence electrons. The van der Waals surface area contributed by atoms with Crippen LogP contribution in [0.25, 0.3) is 0 Å². The molecule has 0 aromatic heterocycles. The number of nitrogens with one attached hydrogen (secondary N) is 2. The smallest absolute Gasteiger partial charge is 0.262 e. The van der Waals surface area contributed by atoms with Crippen LogP contribution < -0.4 is 20.3 Å². The highest BCUT2D eigenvalue weighted by Crippen LogP contribution is 2.33. The Morgan fingerprint density at radius 1 is 1.13 bits per heavy atom. The predicted octanol–water partition coefficient (Wildman–Crippen LogP) is 1.41. The first-order valence-corrected chi connectivity index (χ1v) is 9.70. The van der Waals surface area contributed by atoms with Crippen LogP contribution in [0.2, 0.25) is 0 Å². The Balaban J connectivity index is 1.62. The number of carbonyl (C=O) groups is 3. The summed E-state index contributed by atoms with van der Waals surface area (Å²) in [6.07, 6.45) is -0.715. The molecule has 2 aromatic rings. The summed E-state index contributed by atoms with van der Waals surface area (Å²) in [6.45, 7) is 2.17. The maximum Gasteiger partial charge on any atom is 0.262 e. The SMILES string of the molecule is CNC(=O)[C@H]1CN(CC(=O)N(C)CC(=O)Nc2ccc(C)cc2)c2ccccc2O1. The number of rotatable bonds is 6. The Morgan fingerprint density at radius 3 is 2.53 bits per heavy atom. The number of para-hydroxylation sites is 2. The zero-order valence-electron chi connectivity index (χ0n) is 17.3. The van der Waals surface area contributed by atoms with Crippen LogP contribution in [0, 0.1) is 6.92 Å². The van der Waals surface area contributed by atoms with E-state index < -0.39 is 6.10 Å². The molecule has 1 aliphatic heterocycles. The molecule has 8 heteroatoms. The zero-order chi connectivity index (χ0) is 21.7. The van der Waals surface area contributed by atoms with Crippen LogP contribution >= 0.6 is 0 Å². The summed E-state index contributed by atoms with van der Waals surface area (Å²) in [6, 6.07) is 14.7. The fourth-order valence-electron chi connectivity index (χ4n) is 3.18. The molecule has 2 aromatic carbocycles. The molecule has 0 saturated carbocycles. The first kappa shape index (κ1) is 21.2. The van der Waals surface area contributed by atoms with Gasteiger partial charge in [0.2, 0.25) is 11.8 Å². The molecule has 0 radical (unpaired) electrons. The van der Waals surface area contributed by atoms with E-state index in [-0.39, 0.29) is 37.4 Å². The molecule has 8 nitrogen and oxygen atoms in total. The molecule has 1 heterocycles. The van der Waals surface area contributed by atoms with Gasteiger partial charge in [-0.2, -0.15) is 0 Å². The van der Waals surface area contributed by atoms with E-state index in [1.54, 1.807) is 25.1 Å². The van der Waals surface area contributed by atoms with Crippen molar-refractivity contribution < 1.29 is 19.1 Å². The molecular formula is C22H26N4O4. The van der Waals surface area contributed by atoms with Gasteiger partial charge in [0.1, 0.15) is 5.75 Å². The van der Waals surface area contributed by atoms with Gasteiger partial charge in [0.15, 0.2) is 6.10 Å². The Hall–Kier alpha value is -3.55. The number of benzene rings is 2. The first-order valence-electron chi connectivity index (χ1n) is 9.70. The average molecular weight is 410 g/mol. The van der Waals surface area contributed by atoms with E-state index in [1.807, 2.05) is 49.4 Å². The lowest BCUT2D eigenvalue weighted by Gasteiger charge is -2.35. The second-order valence-corrected chi connectivity index (χ2v) is 7.23. The maximum absolute atomic E-state index is 12.8. The van der Waals surface area contributed by atoms with Crippen molar-refractivity contribution in [1.29, 1.82) is 0 Å². The van der Waals surface area contributed by atoms with E-state index in [0.29, 0.717) is 11.4 Å². The van der Waals surface area contributed by atoms with Gasteiger partial charge in [-0.05, 0) is 31.2 Å². The van der Waals surface area contributed by atoms with Crippen molar-refractivity contribution in [3.05, 3.63) is 54.1 Å². The van der Waals surface area contributed by atoms with Crippen LogP contribution in [0.4, 0.5) is 11.4 Å². The standard InChI is InChI=1S/C22H26N4O4/c1-15-8-10-16(11-9-15)24-20(27)13-25(3)21(28)14-26-12-19(22(29)23-2)30-18-7-5-4-6-17(18)26/h4-11,19H,12-14H2,1-3H3,(H,23,29)(H,24,27)/t19-/m1/s1. The van der Waals surface area contributed by atoms with E-state index in [0.717, 1.165) is 11.3 Å². The average Bonchev–Trinajstić information content (AvgIpc) is 2.74. The van der Waals surface area contributed by atoms with Gasteiger partial charge in [0.05, 0.1) is 25.3 Å². The third-order valence-electron chi connectivity index (χ3n) is 4.87. The van der Waals surface area contributed by atoms with Crippen LogP contribution in [0.3, 0.4) is 0 Å². The van der Waals surface area contributed by atoms with Crippen molar-refractivity contribution in [1.82, 2.24) is 10.2 Å². The van der Waals surface area contributed by atoms with Crippen molar-refractivity contribution in [3.63, 3.8) is 0 Å². The van der Waals surface area contributed by atoms with E-state index in [4.69, 9.17) is 4.74 Å². The molecule has 1 atom stereocenters.